The minimum absolute atomic E-state index is 0.323. The molecule has 1 aliphatic carbocycles. The molecule has 1 saturated carbocycles. The molecule has 1 heteroatoms. The maximum Gasteiger partial charge on any atom is 0.115 e. The summed E-state index contributed by atoms with van der Waals surface area (Å²) in [5, 5.41) is 9.29. The Morgan fingerprint density at radius 1 is 0.882 bits per heavy atom. The lowest BCUT2D eigenvalue weighted by molar-refractivity contribution is 0.420. The van der Waals surface area contributed by atoms with Crippen LogP contribution in [-0.4, -0.2) is 5.11 Å². The monoisotopic (exact) mass is 224 g/mol. The number of aromatic hydroxyl groups is 1. The van der Waals surface area contributed by atoms with E-state index in [4.69, 9.17) is 0 Å². The van der Waals surface area contributed by atoms with Crippen LogP contribution in [0.5, 0.6) is 5.75 Å². The molecule has 3 rings (SSSR count). The Balaban J connectivity index is 1.94. The summed E-state index contributed by atoms with van der Waals surface area (Å²) in [6.45, 7) is 0. The number of rotatable bonds is 2. The molecule has 0 bridgehead atoms. The third kappa shape index (κ3) is 2.05. The molecule has 0 saturated heterocycles. The summed E-state index contributed by atoms with van der Waals surface area (Å²) in [7, 11) is 0. The van der Waals surface area contributed by atoms with Crippen LogP contribution in [0.25, 0.3) is 11.1 Å². The van der Waals surface area contributed by atoms with Gasteiger partial charge < -0.3 is 5.11 Å². The summed E-state index contributed by atoms with van der Waals surface area (Å²) in [4.78, 5) is 0. The van der Waals surface area contributed by atoms with Crippen molar-refractivity contribution in [2.75, 3.05) is 0 Å². The maximum atomic E-state index is 9.29. The van der Waals surface area contributed by atoms with Gasteiger partial charge in [-0.25, -0.2) is 0 Å². The van der Waals surface area contributed by atoms with Gasteiger partial charge in [0.2, 0.25) is 0 Å². The van der Waals surface area contributed by atoms with Crippen LogP contribution in [0.2, 0.25) is 0 Å². The Kier molecular flexibility index (Phi) is 2.60. The van der Waals surface area contributed by atoms with Crippen molar-refractivity contribution < 1.29 is 5.11 Å². The van der Waals surface area contributed by atoms with Crippen molar-refractivity contribution in [3.05, 3.63) is 54.1 Å². The summed E-state index contributed by atoms with van der Waals surface area (Å²) in [5.74, 6) is 1.09. The molecular weight excluding hydrogens is 208 g/mol. The molecule has 0 aliphatic heterocycles. The van der Waals surface area contributed by atoms with E-state index < -0.39 is 0 Å². The molecule has 0 spiro atoms. The van der Waals surface area contributed by atoms with E-state index in [0.29, 0.717) is 5.75 Å². The van der Waals surface area contributed by atoms with Gasteiger partial charge in [-0.1, -0.05) is 42.8 Å². The van der Waals surface area contributed by atoms with Crippen LogP contribution < -0.4 is 0 Å². The fourth-order valence-corrected chi connectivity index (χ4v) is 2.37. The zero-order chi connectivity index (χ0) is 11.7. The first-order valence-electron chi connectivity index (χ1n) is 6.22. The van der Waals surface area contributed by atoms with Crippen molar-refractivity contribution in [2.45, 2.75) is 25.2 Å². The predicted molar refractivity (Wildman–Crippen MR) is 70.1 cm³/mol. The van der Waals surface area contributed by atoms with E-state index in [2.05, 4.69) is 24.3 Å². The van der Waals surface area contributed by atoms with Crippen molar-refractivity contribution in [3.63, 3.8) is 0 Å². The van der Waals surface area contributed by atoms with Crippen LogP contribution >= 0.6 is 0 Å². The van der Waals surface area contributed by atoms with E-state index in [0.717, 1.165) is 5.92 Å². The first-order chi connectivity index (χ1) is 8.33. The highest BCUT2D eigenvalue weighted by Crippen LogP contribution is 2.37. The van der Waals surface area contributed by atoms with Crippen molar-refractivity contribution in [1.29, 1.82) is 0 Å². The molecule has 86 valence electrons. The second-order valence-corrected chi connectivity index (χ2v) is 4.80. The first-order valence-corrected chi connectivity index (χ1v) is 6.22. The van der Waals surface area contributed by atoms with Crippen LogP contribution in [0.15, 0.2) is 48.5 Å². The lowest BCUT2D eigenvalue weighted by atomic mass is 9.79. The Morgan fingerprint density at radius 2 is 1.65 bits per heavy atom. The van der Waals surface area contributed by atoms with Crippen LogP contribution in [0.4, 0.5) is 0 Å². The van der Waals surface area contributed by atoms with E-state index in [9.17, 15) is 5.11 Å². The van der Waals surface area contributed by atoms with E-state index in [1.54, 1.807) is 12.1 Å². The van der Waals surface area contributed by atoms with Gasteiger partial charge in [0, 0.05) is 0 Å². The topological polar surface area (TPSA) is 20.2 Å². The van der Waals surface area contributed by atoms with Gasteiger partial charge in [-0.15, -0.1) is 0 Å². The van der Waals surface area contributed by atoms with Gasteiger partial charge in [0.25, 0.3) is 0 Å². The Hall–Kier alpha value is -1.76. The van der Waals surface area contributed by atoms with Crippen molar-refractivity contribution in [2.24, 2.45) is 0 Å². The fourth-order valence-electron chi connectivity index (χ4n) is 2.37. The zero-order valence-electron chi connectivity index (χ0n) is 9.76. The number of phenolic OH excluding ortho intramolecular Hbond substituents is 1. The molecule has 1 nitrogen and oxygen atoms in total. The molecule has 0 atom stereocenters. The predicted octanol–water partition coefficient (Wildman–Crippen LogP) is 4.33. The normalized spacial score (nSPS) is 15.5. The van der Waals surface area contributed by atoms with Gasteiger partial charge in [-0.3, -0.25) is 0 Å². The van der Waals surface area contributed by atoms with Gasteiger partial charge in [0.05, 0.1) is 0 Å². The standard InChI is InChI=1S/C16H16O/c17-16-9-7-13(8-10-16)15-6-2-5-14(11-15)12-3-1-4-12/h2,5-12,17H,1,3-4H2. The summed E-state index contributed by atoms with van der Waals surface area (Å²) in [6, 6.07) is 16.2. The quantitative estimate of drug-likeness (QED) is 0.805. The minimum Gasteiger partial charge on any atom is -0.508 e. The number of hydrogen-bond donors (Lipinski definition) is 1. The molecule has 0 unspecified atom stereocenters. The number of phenols is 1. The molecule has 17 heavy (non-hydrogen) atoms. The lowest BCUT2D eigenvalue weighted by Gasteiger charge is -2.26. The second-order valence-electron chi connectivity index (χ2n) is 4.80. The average molecular weight is 224 g/mol. The molecule has 0 radical (unpaired) electrons. The highest BCUT2D eigenvalue weighted by molar-refractivity contribution is 5.65. The molecular formula is C16H16O. The summed E-state index contributed by atoms with van der Waals surface area (Å²) >= 11 is 0. The van der Waals surface area contributed by atoms with E-state index in [1.165, 1.54) is 36.0 Å². The average Bonchev–Trinajstić information content (AvgIpc) is 2.28. The molecule has 0 amide bonds. The van der Waals surface area contributed by atoms with Crippen LogP contribution in [-0.2, 0) is 0 Å². The van der Waals surface area contributed by atoms with Crippen molar-refractivity contribution in [1.82, 2.24) is 0 Å². The fraction of sp³-hybridized carbons (Fsp3) is 0.250. The van der Waals surface area contributed by atoms with Crippen molar-refractivity contribution in [3.8, 4) is 16.9 Å². The second kappa shape index (κ2) is 4.25. The molecule has 2 aromatic rings. The maximum absolute atomic E-state index is 9.29. The largest absolute Gasteiger partial charge is 0.508 e. The molecule has 1 N–H and O–H groups in total. The van der Waals surface area contributed by atoms with E-state index in [-0.39, 0.29) is 0 Å². The third-order valence-electron chi connectivity index (χ3n) is 3.66. The van der Waals surface area contributed by atoms with E-state index >= 15 is 0 Å². The minimum atomic E-state index is 0.323. The smallest absolute Gasteiger partial charge is 0.115 e. The zero-order valence-corrected chi connectivity index (χ0v) is 9.76. The van der Waals surface area contributed by atoms with E-state index in [1.807, 2.05) is 12.1 Å². The summed E-state index contributed by atoms with van der Waals surface area (Å²) in [6.07, 6.45) is 4.03. The molecule has 1 fully saturated rings. The Bertz CT molecular complexity index is 509. The highest BCUT2D eigenvalue weighted by Gasteiger charge is 2.19. The number of hydrogen-bond acceptors (Lipinski definition) is 1. The number of benzene rings is 2. The third-order valence-corrected chi connectivity index (χ3v) is 3.66. The molecule has 1 aliphatic rings. The van der Waals surface area contributed by atoms with Crippen LogP contribution in [0.3, 0.4) is 0 Å². The Labute approximate surface area is 102 Å². The highest BCUT2D eigenvalue weighted by atomic mass is 16.3. The van der Waals surface area contributed by atoms with Gasteiger partial charge >= 0.3 is 0 Å². The van der Waals surface area contributed by atoms with Gasteiger partial charge in [-0.05, 0) is 47.6 Å². The van der Waals surface area contributed by atoms with Crippen LogP contribution in [0.1, 0.15) is 30.7 Å². The SMILES string of the molecule is Oc1ccc(-c2cccc(C3CCC3)c2)cc1. The molecule has 0 aromatic heterocycles. The lowest BCUT2D eigenvalue weighted by Crippen LogP contribution is -2.08. The molecule has 2 aromatic carbocycles. The molecule has 0 heterocycles. The van der Waals surface area contributed by atoms with Gasteiger partial charge in [-0.2, -0.15) is 0 Å². The summed E-state index contributed by atoms with van der Waals surface area (Å²) in [5.41, 5.74) is 3.88. The van der Waals surface area contributed by atoms with Gasteiger partial charge in [0.1, 0.15) is 5.75 Å². The van der Waals surface area contributed by atoms with Crippen molar-refractivity contribution >= 4 is 0 Å². The Morgan fingerprint density at radius 3 is 2.29 bits per heavy atom. The van der Waals surface area contributed by atoms with Gasteiger partial charge in [0.15, 0.2) is 0 Å². The summed E-state index contributed by atoms with van der Waals surface area (Å²) < 4.78 is 0. The first kappa shape index (κ1) is 10.4. The van der Waals surface area contributed by atoms with Crippen LogP contribution in [0, 0.1) is 0 Å².